The van der Waals surface area contributed by atoms with Gasteiger partial charge in [0, 0.05) is 33.2 Å². The van der Waals surface area contributed by atoms with E-state index in [-0.39, 0.29) is 5.75 Å². The highest BCUT2D eigenvalue weighted by Gasteiger charge is 2.27. The molecule has 0 bridgehead atoms. The van der Waals surface area contributed by atoms with Crippen LogP contribution in [0.15, 0.2) is 4.99 Å². The Morgan fingerprint density at radius 1 is 1.24 bits per heavy atom. The molecule has 0 saturated carbocycles. The van der Waals surface area contributed by atoms with Crippen molar-refractivity contribution in [2.45, 2.75) is 39.5 Å². The summed E-state index contributed by atoms with van der Waals surface area (Å²) in [6.07, 6.45) is 4.33. The highest BCUT2D eigenvalue weighted by molar-refractivity contribution is 7.89. The fourth-order valence-corrected chi connectivity index (χ4v) is 3.88. The van der Waals surface area contributed by atoms with Crippen molar-refractivity contribution in [3.63, 3.8) is 0 Å². The Hall–Kier alpha value is -0.820. The molecular weight excluding hydrogens is 288 g/mol. The number of hydrogen-bond donors (Lipinski definition) is 2. The maximum absolute atomic E-state index is 11.7. The molecule has 1 fully saturated rings. The van der Waals surface area contributed by atoms with Gasteiger partial charge in [0.2, 0.25) is 10.0 Å². The smallest absolute Gasteiger partial charge is 0.214 e. The fourth-order valence-electron chi connectivity index (χ4n) is 2.35. The van der Waals surface area contributed by atoms with Crippen molar-refractivity contribution in [3.8, 4) is 0 Å². The van der Waals surface area contributed by atoms with E-state index in [9.17, 15) is 8.42 Å². The molecule has 21 heavy (non-hydrogen) atoms. The first-order valence-electron chi connectivity index (χ1n) is 7.88. The molecule has 0 aromatic heterocycles. The standard InChI is InChI=1S/C14H30N4O2S/c1-13(2)7-4-5-8-16-14(15-3)17-9-11-18-10-6-12-21(18,19)20/h13H,4-12H2,1-3H3,(H2,15,16,17). The summed E-state index contributed by atoms with van der Waals surface area (Å²) in [6, 6.07) is 0. The summed E-state index contributed by atoms with van der Waals surface area (Å²) in [4.78, 5) is 4.15. The fraction of sp³-hybridized carbons (Fsp3) is 0.929. The second-order valence-electron chi connectivity index (χ2n) is 5.88. The third-order valence-corrected chi connectivity index (χ3v) is 5.54. The first-order chi connectivity index (χ1) is 9.95. The predicted octanol–water partition coefficient (Wildman–Crippen LogP) is 1.01. The van der Waals surface area contributed by atoms with Crippen LogP contribution >= 0.6 is 0 Å². The molecule has 0 aliphatic carbocycles. The molecule has 124 valence electrons. The summed E-state index contributed by atoms with van der Waals surface area (Å²) in [6.45, 7) is 7.11. The zero-order valence-corrected chi connectivity index (χ0v) is 14.4. The zero-order valence-electron chi connectivity index (χ0n) is 13.6. The van der Waals surface area contributed by atoms with Crippen molar-refractivity contribution in [1.29, 1.82) is 0 Å². The lowest BCUT2D eigenvalue weighted by atomic mass is 10.1. The SMILES string of the molecule is CN=C(NCCCCC(C)C)NCCN1CCCS1(=O)=O. The second-order valence-corrected chi connectivity index (χ2v) is 7.97. The first-order valence-corrected chi connectivity index (χ1v) is 9.49. The number of rotatable bonds is 8. The van der Waals surface area contributed by atoms with Crippen LogP contribution in [0, 0.1) is 5.92 Å². The van der Waals surface area contributed by atoms with E-state index in [1.54, 1.807) is 11.4 Å². The molecular formula is C14H30N4O2S. The highest BCUT2D eigenvalue weighted by Crippen LogP contribution is 2.11. The largest absolute Gasteiger partial charge is 0.356 e. The number of aliphatic imine (C=N–C) groups is 1. The van der Waals surface area contributed by atoms with Gasteiger partial charge in [0.15, 0.2) is 5.96 Å². The van der Waals surface area contributed by atoms with Gasteiger partial charge in [-0.3, -0.25) is 4.99 Å². The van der Waals surface area contributed by atoms with Crippen LogP contribution in [0.1, 0.15) is 39.5 Å². The minimum atomic E-state index is -2.99. The van der Waals surface area contributed by atoms with Gasteiger partial charge in [-0.15, -0.1) is 0 Å². The molecule has 1 rings (SSSR count). The lowest BCUT2D eigenvalue weighted by Crippen LogP contribution is -2.42. The molecule has 1 saturated heterocycles. The van der Waals surface area contributed by atoms with Crippen LogP contribution in [0.2, 0.25) is 0 Å². The maximum Gasteiger partial charge on any atom is 0.214 e. The Morgan fingerprint density at radius 3 is 2.52 bits per heavy atom. The van der Waals surface area contributed by atoms with Crippen LogP contribution < -0.4 is 10.6 Å². The number of sulfonamides is 1. The van der Waals surface area contributed by atoms with Gasteiger partial charge in [0.25, 0.3) is 0 Å². The summed E-state index contributed by atoms with van der Waals surface area (Å²) in [5.74, 6) is 1.79. The van der Waals surface area contributed by atoms with Crippen molar-refractivity contribution in [1.82, 2.24) is 14.9 Å². The number of guanidine groups is 1. The van der Waals surface area contributed by atoms with Gasteiger partial charge < -0.3 is 10.6 Å². The van der Waals surface area contributed by atoms with E-state index in [0.29, 0.717) is 19.6 Å². The van der Waals surface area contributed by atoms with Crippen LogP contribution in [-0.2, 0) is 10.0 Å². The monoisotopic (exact) mass is 318 g/mol. The Balaban J connectivity index is 2.14. The molecule has 2 N–H and O–H groups in total. The van der Waals surface area contributed by atoms with Crippen LogP contribution in [0.25, 0.3) is 0 Å². The van der Waals surface area contributed by atoms with Crippen LogP contribution in [0.4, 0.5) is 0 Å². The Bertz CT molecular complexity index is 421. The zero-order chi connectivity index (χ0) is 15.7. The Morgan fingerprint density at radius 2 is 1.95 bits per heavy atom. The average Bonchev–Trinajstić information content (AvgIpc) is 2.75. The van der Waals surface area contributed by atoms with Crippen molar-refractivity contribution in [2.75, 3.05) is 39.0 Å². The van der Waals surface area contributed by atoms with Crippen molar-refractivity contribution < 1.29 is 8.42 Å². The maximum atomic E-state index is 11.7. The molecule has 6 nitrogen and oxygen atoms in total. The van der Waals surface area contributed by atoms with Gasteiger partial charge >= 0.3 is 0 Å². The Labute approximate surface area is 129 Å². The van der Waals surface area contributed by atoms with Crippen LogP contribution in [-0.4, -0.2) is 57.7 Å². The van der Waals surface area contributed by atoms with E-state index in [4.69, 9.17) is 0 Å². The Kier molecular flexibility index (Phi) is 8.03. The minimum Gasteiger partial charge on any atom is -0.356 e. The molecule has 0 aromatic carbocycles. The second kappa shape index (κ2) is 9.25. The topological polar surface area (TPSA) is 73.8 Å². The van der Waals surface area contributed by atoms with Crippen molar-refractivity contribution in [2.24, 2.45) is 10.9 Å². The first kappa shape index (κ1) is 18.2. The summed E-state index contributed by atoms with van der Waals surface area (Å²) in [7, 11) is -1.26. The van der Waals surface area contributed by atoms with E-state index in [1.807, 2.05) is 0 Å². The minimum absolute atomic E-state index is 0.288. The van der Waals surface area contributed by atoms with Crippen molar-refractivity contribution >= 4 is 16.0 Å². The van der Waals surface area contributed by atoms with Gasteiger partial charge in [0.1, 0.15) is 0 Å². The lowest BCUT2D eigenvalue weighted by Gasteiger charge is -2.16. The normalized spacial score (nSPS) is 19.1. The van der Waals surface area contributed by atoms with Gasteiger partial charge in [-0.05, 0) is 18.8 Å². The third-order valence-electron chi connectivity index (χ3n) is 3.58. The molecule has 1 aliphatic heterocycles. The van der Waals surface area contributed by atoms with E-state index in [0.717, 1.165) is 31.3 Å². The van der Waals surface area contributed by atoms with E-state index < -0.39 is 10.0 Å². The number of hydrogen-bond acceptors (Lipinski definition) is 3. The molecule has 0 atom stereocenters. The van der Waals surface area contributed by atoms with Crippen LogP contribution in [0.5, 0.6) is 0 Å². The summed E-state index contributed by atoms with van der Waals surface area (Å²) < 4.78 is 24.9. The molecule has 1 heterocycles. The summed E-state index contributed by atoms with van der Waals surface area (Å²) in [5, 5.41) is 6.43. The van der Waals surface area contributed by atoms with E-state index >= 15 is 0 Å². The molecule has 7 heteroatoms. The van der Waals surface area contributed by atoms with E-state index in [2.05, 4.69) is 29.5 Å². The quantitative estimate of drug-likeness (QED) is 0.398. The van der Waals surface area contributed by atoms with Gasteiger partial charge in [-0.2, -0.15) is 0 Å². The number of unbranched alkanes of at least 4 members (excludes halogenated alkanes) is 1. The molecule has 0 aromatic rings. The number of nitrogens with one attached hydrogen (secondary N) is 2. The number of nitrogens with zero attached hydrogens (tertiary/aromatic N) is 2. The third kappa shape index (κ3) is 7.13. The molecule has 0 amide bonds. The van der Waals surface area contributed by atoms with E-state index in [1.165, 1.54) is 12.8 Å². The molecule has 0 spiro atoms. The highest BCUT2D eigenvalue weighted by atomic mass is 32.2. The summed E-state index contributed by atoms with van der Waals surface area (Å²) in [5.41, 5.74) is 0. The van der Waals surface area contributed by atoms with Crippen LogP contribution in [0.3, 0.4) is 0 Å². The van der Waals surface area contributed by atoms with Gasteiger partial charge in [-0.1, -0.05) is 26.7 Å². The van der Waals surface area contributed by atoms with Crippen molar-refractivity contribution in [3.05, 3.63) is 0 Å². The van der Waals surface area contributed by atoms with Gasteiger partial charge in [0.05, 0.1) is 5.75 Å². The molecule has 1 aliphatic rings. The average molecular weight is 318 g/mol. The molecule has 0 radical (unpaired) electrons. The summed E-state index contributed by atoms with van der Waals surface area (Å²) >= 11 is 0. The molecule has 0 unspecified atom stereocenters. The lowest BCUT2D eigenvalue weighted by molar-refractivity contribution is 0.445. The van der Waals surface area contributed by atoms with Gasteiger partial charge in [-0.25, -0.2) is 12.7 Å². The predicted molar refractivity (Wildman–Crippen MR) is 88.0 cm³/mol.